The van der Waals surface area contributed by atoms with Crippen LogP contribution >= 0.6 is 0 Å². The van der Waals surface area contributed by atoms with Crippen molar-refractivity contribution in [3.8, 4) is 45.9 Å². The van der Waals surface area contributed by atoms with Gasteiger partial charge in [0.25, 0.3) is 0 Å². The smallest absolute Gasteiger partial charge is 0.343 e. The highest BCUT2D eigenvalue weighted by Crippen LogP contribution is 2.30. The maximum Gasteiger partial charge on any atom is 0.343 e. The Kier molecular flexibility index (Phi) is 11.2. The molecular formula is C39H40N2O7. The van der Waals surface area contributed by atoms with Crippen LogP contribution in [-0.4, -0.2) is 35.3 Å². The highest BCUT2D eigenvalue weighted by molar-refractivity contribution is 5.92. The van der Waals surface area contributed by atoms with E-state index in [4.69, 9.17) is 23.4 Å². The van der Waals surface area contributed by atoms with Crippen LogP contribution in [0.5, 0.6) is 23.0 Å². The number of hydrogen-bond acceptors (Lipinski definition) is 9. The van der Waals surface area contributed by atoms with Gasteiger partial charge in [-0.3, -0.25) is 0 Å². The Hall–Kier alpha value is -5.44. The predicted molar refractivity (Wildman–Crippen MR) is 183 cm³/mol. The van der Waals surface area contributed by atoms with Crippen LogP contribution in [-0.2, 0) is 0 Å². The molecule has 0 fully saturated rings. The number of unbranched alkanes of at least 4 members (excludes halogenated alkanes) is 2. The quantitative estimate of drug-likeness (QED) is 0.0661. The van der Waals surface area contributed by atoms with Crippen molar-refractivity contribution < 1.29 is 33.0 Å². The average molecular weight is 649 g/mol. The van der Waals surface area contributed by atoms with Crippen molar-refractivity contribution in [3.05, 3.63) is 107 Å². The number of aryl methyl sites for hydroxylation is 3. The molecule has 48 heavy (non-hydrogen) atoms. The Labute approximate surface area is 280 Å². The third-order valence-corrected chi connectivity index (χ3v) is 7.71. The van der Waals surface area contributed by atoms with E-state index in [0.717, 1.165) is 53.9 Å². The molecule has 0 radical (unpaired) electrons. The van der Waals surface area contributed by atoms with E-state index in [2.05, 4.69) is 24.0 Å². The van der Waals surface area contributed by atoms with Gasteiger partial charge >= 0.3 is 11.9 Å². The van der Waals surface area contributed by atoms with Crippen LogP contribution in [0.1, 0.15) is 76.9 Å². The lowest BCUT2D eigenvalue weighted by atomic mass is 10.1. The van der Waals surface area contributed by atoms with Crippen LogP contribution < -0.4 is 18.9 Å². The van der Waals surface area contributed by atoms with Crippen molar-refractivity contribution in [2.45, 2.75) is 60.3 Å². The zero-order chi connectivity index (χ0) is 34.0. The number of carbonyl (C=O) groups is 2. The van der Waals surface area contributed by atoms with Crippen LogP contribution in [0.4, 0.5) is 0 Å². The number of esters is 2. The average Bonchev–Trinajstić information content (AvgIpc) is 3.57. The van der Waals surface area contributed by atoms with Crippen LogP contribution in [0.3, 0.4) is 0 Å². The SMILES string of the molecule is CCCCOc1ccc(C(=O)Oc2ccc(-c3nnc(-c4ccc(OC(=O)c5ccc(OCCCC)c(C)c5)cc4C)o3)cc2)cc1C. The molecule has 0 bridgehead atoms. The molecule has 0 aliphatic rings. The molecule has 0 aliphatic heterocycles. The summed E-state index contributed by atoms with van der Waals surface area (Å²) >= 11 is 0. The fourth-order valence-electron chi connectivity index (χ4n) is 4.92. The van der Waals surface area contributed by atoms with Crippen LogP contribution in [0.2, 0.25) is 0 Å². The van der Waals surface area contributed by atoms with Crippen LogP contribution in [0.25, 0.3) is 22.9 Å². The molecule has 0 unspecified atom stereocenters. The predicted octanol–water partition coefficient (Wildman–Crippen LogP) is 9.13. The first kappa shape index (κ1) is 33.9. The lowest BCUT2D eigenvalue weighted by molar-refractivity contribution is 0.0725. The molecule has 1 heterocycles. The standard InChI is InChI=1S/C39H40N2O7/c1-6-8-20-44-34-18-12-29(22-26(34)4)38(42)46-31-14-10-28(11-15-31)36-40-41-37(48-36)33-17-16-32(24-25(33)3)47-39(43)30-13-19-35(27(5)23-30)45-21-9-7-2/h10-19,22-24H,6-9,20-21H2,1-5H3. The van der Waals surface area contributed by atoms with Gasteiger partial charge in [-0.05, 0) is 129 Å². The first-order chi connectivity index (χ1) is 23.2. The number of aromatic nitrogens is 2. The second-order valence-corrected chi connectivity index (χ2v) is 11.6. The normalized spacial score (nSPS) is 10.9. The maximum absolute atomic E-state index is 12.8. The van der Waals surface area contributed by atoms with Crippen LogP contribution in [0.15, 0.2) is 83.3 Å². The van der Waals surface area contributed by atoms with Gasteiger partial charge in [0.2, 0.25) is 11.8 Å². The summed E-state index contributed by atoms with van der Waals surface area (Å²) in [5.74, 6) is 2.02. The van der Waals surface area contributed by atoms with Gasteiger partial charge in [-0.25, -0.2) is 9.59 Å². The molecule has 0 spiro atoms. The number of ether oxygens (including phenoxy) is 4. The third kappa shape index (κ3) is 8.47. The summed E-state index contributed by atoms with van der Waals surface area (Å²) in [6, 6.07) is 22.6. The zero-order valence-electron chi connectivity index (χ0n) is 28.0. The lowest BCUT2D eigenvalue weighted by Crippen LogP contribution is -2.09. The molecule has 5 aromatic rings. The molecule has 4 aromatic carbocycles. The second-order valence-electron chi connectivity index (χ2n) is 11.6. The van der Waals surface area contributed by atoms with Crippen molar-refractivity contribution in [2.75, 3.05) is 13.2 Å². The molecule has 5 rings (SSSR count). The van der Waals surface area contributed by atoms with Gasteiger partial charge < -0.3 is 23.4 Å². The Morgan fingerprint density at radius 3 is 1.65 bits per heavy atom. The first-order valence-electron chi connectivity index (χ1n) is 16.2. The highest BCUT2D eigenvalue weighted by Gasteiger charge is 2.17. The summed E-state index contributed by atoms with van der Waals surface area (Å²) in [4.78, 5) is 25.6. The van der Waals surface area contributed by atoms with Crippen molar-refractivity contribution in [2.24, 2.45) is 0 Å². The van der Waals surface area contributed by atoms with Crippen LogP contribution in [0, 0.1) is 20.8 Å². The van der Waals surface area contributed by atoms with Crippen molar-refractivity contribution in [1.29, 1.82) is 0 Å². The topological polar surface area (TPSA) is 110 Å². The Balaban J connectivity index is 1.19. The van der Waals surface area contributed by atoms with Gasteiger partial charge in [-0.2, -0.15) is 0 Å². The lowest BCUT2D eigenvalue weighted by Gasteiger charge is -2.11. The minimum atomic E-state index is -0.462. The van der Waals surface area contributed by atoms with Crippen molar-refractivity contribution >= 4 is 11.9 Å². The van der Waals surface area contributed by atoms with E-state index in [0.29, 0.717) is 58.7 Å². The molecule has 9 heteroatoms. The highest BCUT2D eigenvalue weighted by atomic mass is 16.5. The summed E-state index contributed by atoms with van der Waals surface area (Å²) in [7, 11) is 0. The van der Waals surface area contributed by atoms with E-state index in [9.17, 15) is 9.59 Å². The molecule has 0 atom stereocenters. The number of nitrogens with zero attached hydrogens (tertiary/aromatic N) is 2. The number of benzene rings is 4. The van der Waals surface area contributed by atoms with E-state index >= 15 is 0 Å². The second kappa shape index (κ2) is 15.9. The van der Waals surface area contributed by atoms with E-state index in [1.807, 2.05) is 20.8 Å². The van der Waals surface area contributed by atoms with Gasteiger partial charge in [-0.15, -0.1) is 10.2 Å². The van der Waals surface area contributed by atoms with Gasteiger partial charge in [-0.1, -0.05) is 26.7 Å². The third-order valence-electron chi connectivity index (χ3n) is 7.71. The zero-order valence-corrected chi connectivity index (χ0v) is 28.0. The molecule has 0 saturated carbocycles. The molecule has 0 N–H and O–H groups in total. The Morgan fingerprint density at radius 2 is 1.12 bits per heavy atom. The summed E-state index contributed by atoms with van der Waals surface area (Å²) in [5, 5.41) is 8.43. The number of rotatable bonds is 14. The number of hydrogen-bond donors (Lipinski definition) is 0. The molecule has 9 nitrogen and oxygen atoms in total. The fraction of sp³-hybridized carbons (Fsp3) is 0.282. The monoisotopic (exact) mass is 648 g/mol. The summed E-state index contributed by atoms with van der Waals surface area (Å²) in [6.45, 7) is 11.2. The van der Waals surface area contributed by atoms with Crippen molar-refractivity contribution in [3.63, 3.8) is 0 Å². The molecule has 248 valence electrons. The molecule has 0 aliphatic carbocycles. The first-order valence-corrected chi connectivity index (χ1v) is 16.2. The fourth-order valence-corrected chi connectivity index (χ4v) is 4.92. The Morgan fingerprint density at radius 1 is 0.604 bits per heavy atom. The molecule has 0 amide bonds. The number of carbonyl (C=O) groups excluding carboxylic acids is 2. The minimum absolute atomic E-state index is 0.310. The molecule has 0 saturated heterocycles. The van der Waals surface area contributed by atoms with Gasteiger partial charge in [0, 0.05) is 11.1 Å². The summed E-state index contributed by atoms with van der Waals surface area (Å²) in [5.41, 5.74) is 4.80. The van der Waals surface area contributed by atoms with E-state index in [1.165, 1.54) is 0 Å². The minimum Gasteiger partial charge on any atom is -0.493 e. The van der Waals surface area contributed by atoms with Gasteiger partial charge in [0.05, 0.1) is 24.3 Å². The van der Waals surface area contributed by atoms with E-state index < -0.39 is 11.9 Å². The van der Waals surface area contributed by atoms with Gasteiger partial charge in [0.1, 0.15) is 23.0 Å². The molecule has 1 aromatic heterocycles. The largest absolute Gasteiger partial charge is 0.493 e. The Bertz CT molecular complexity index is 1880. The van der Waals surface area contributed by atoms with E-state index in [-0.39, 0.29) is 0 Å². The summed E-state index contributed by atoms with van der Waals surface area (Å²) < 4.78 is 28.8. The summed E-state index contributed by atoms with van der Waals surface area (Å²) in [6.07, 6.45) is 4.05. The maximum atomic E-state index is 12.8. The molecular weight excluding hydrogens is 608 g/mol. The van der Waals surface area contributed by atoms with Crippen molar-refractivity contribution in [1.82, 2.24) is 10.2 Å². The van der Waals surface area contributed by atoms with Gasteiger partial charge in [0.15, 0.2) is 0 Å². The van der Waals surface area contributed by atoms with E-state index in [1.54, 1.807) is 78.9 Å².